The number of aliphatic hydroxyl groups excluding tert-OH is 1. The van der Waals surface area contributed by atoms with E-state index in [0.717, 1.165) is 17.7 Å². The maximum atomic E-state index is 9.45. The third-order valence-corrected chi connectivity index (χ3v) is 2.76. The van der Waals surface area contributed by atoms with Gasteiger partial charge in [0.1, 0.15) is 12.4 Å². The predicted molar refractivity (Wildman–Crippen MR) is 62.4 cm³/mol. The van der Waals surface area contributed by atoms with Crippen molar-refractivity contribution in [1.82, 2.24) is 0 Å². The molecule has 2 heteroatoms. The van der Waals surface area contributed by atoms with Crippen LogP contribution in [0.25, 0.3) is 0 Å². The van der Waals surface area contributed by atoms with E-state index in [2.05, 4.69) is 26.0 Å². The van der Waals surface area contributed by atoms with Crippen LogP contribution in [0.2, 0.25) is 0 Å². The van der Waals surface area contributed by atoms with Crippen molar-refractivity contribution in [2.24, 2.45) is 0 Å². The molecular formula is C13H20O2. The standard InChI is InChI=1S/C13H20O2/c1-5-12(14)8-15-13-10(3)7-6-9(2)11(13)4/h6-7,12,14H,5,8H2,1-4H3. The van der Waals surface area contributed by atoms with Gasteiger partial charge in [-0.1, -0.05) is 19.1 Å². The van der Waals surface area contributed by atoms with Crippen molar-refractivity contribution in [3.05, 3.63) is 28.8 Å². The molecule has 1 atom stereocenters. The summed E-state index contributed by atoms with van der Waals surface area (Å²) in [5, 5.41) is 9.45. The molecule has 0 aliphatic heterocycles. The summed E-state index contributed by atoms with van der Waals surface area (Å²) < 4.78 is 5.65. The van der Waals surface area contributed by atoms with Crippen LogP contribution in [-0.4, -0.2) is 17.8 Å². The lowest BCUT2D eigenvalue weighted by atomic mass is 10.1. The number of ether oxygens (including phenoxy) is 1. The van der Waals surface area contributed by atoms with Gasteiger partial charge in [0, 0.05) is 0 Å². The van der Waals surface area contributed by atoms with Gasteiger partial charge in [-0.15, -0.1) is 0 Å². The first kappa shape index (κ1) is 12.1. The van der Waals surface area contributed by atoms with Crippen molar-refractivity contribution in [2.45, 2.75) is 40.2 Å². The normalized spacial score (nSPS) is 12.6. The van der Waals surface area contributed by atoms with Crippen LogP contribution >= 0.6 is 0 Å². The molecule has 0 aliphatic rings. The number of hydrogen-bond acceptors (Lipinski definition) is 2. The average Bonchev–Trinajstić information content (AvgIpc) is 2.23. The van der Waals surface area contributed by atoms with Crippen LogP contribution in [0.4, 0.5) is 0 Å². The second-order valence-corrected chi connectivity index (χ2v) is 4.03. The maximum Gasteiger partial charge on any atom is 0.125 e. The van der Waals surface area contributed by atoms with E-state index in [9.17, 15) is 5.11 Å². The van der Waals surface area contributed by atoms with Crippen molar-refractivity contribution in [2.75, 3.05) is 6.61 Å². The number of benzene rings is 1. The lowest BCUT2D eigenvalue weighted by Crippen LogP contribution is -2.17. The Balaban J connectivity index is 2.80. The highest BCUT2D eigenvalue weighted by Crippen LogP contribution is 2.25. The number of aliphatic hydroxyl groups is 1. The van der Waals surface area contributed by atoms with E-state index < -0.39 is 0 Å². The number of aryl methyl sites for hydroxylation is 2. The highest BCUT2D eigenvalue weighted by molar-refractivity contribution is 5.44. The van der Waals surface area contributed by atoms with Crippen LogP contribution in [0.1, 0.15) is 30.0 Å². The second-order valence-electron chi connectivity index (χ2n) is 4.03. The average molecular weight is 208 g/mol. The molecule has 15 heavy (non-hydrogen) atoms. The van der Waals surface area contributed by atoms with Crippen LogP contribution in [0.15, 0.2) is 12.1 Å². The van der Waals surface area contributed by atoms with Crippen molar-refractivity contribution >= 4 is 0 Å². The van der Waals surface area contributed by atoms with Gasteiger partial charge in [0.05, 0.1) is 6.10 Å². The van der Waals surface area contributed by atoms with E-state index in [4.69, 9.17) is 4.74 Å². The molecule has 1 aromatic rings. The quantitative estimate of drug-likeness (QED) is 0.824. The summed E-state index contributed by atoms with van der Waals surface area (Å²) in [5.41, 5.74) is 3.52. The van der Waals surface area contributed by atoms with E-state index in [1.54, 1.807) is 0 Å². The summed E-state index contributed by atoms with van der Waals surface area (Å²) in [4.78, 5) is 0. The summed E-state index contributed by atoms with van der Waals surface area (Å²) in [6, 6.07) is 4.14. The van der Waals surface area contributed by atoms with Gasteiger partial charge in [-0.2, -0.15) is 0 Å². The molecule has 0 spiro atoms. The Hall–Kier alpha value is -1.02. The first-order valence-corrected chi connectivity index (χ1v) is 5.44. The van der Waals surface area contributed by atoms with Crippen LogP contribution in [0, 0.1) is 20.8 Å². The maximum absolute atomic E-state index is 9.45. The number of rotatable bonds is 4. The molecule has 0 saturated heterocycles. The van der Waals surface area contributed by atoms with Gasteiger partial charge in [0.2, 0.25) is 0 Å². The molecule has 1 unspecified atom stereocenters. The van der Waals surface area contributed by atoms with Gasteiger partial charge >= 0.3 is 0 Å². The SMILES string of the molecule is CCC(O)COc1c(C)ccc(C)c1C. The van der Waals surface area contributed by atoms with Crippen LogP contribution in [-0.2, 0) is 0 Å². The van der Waals surface area contributed by atoms with Crippen LogP contribution in [0.5, 0.6) is 5.75 Å². The zero-order valence-electron chi connectivity index (χ0n) is 10.0. The molecular weight excluding hydrogens is 188 g/mol. The minimum Gasteiger partial charge on any atom is -0.490 e. The topological polar surface area (TPSA) is 29.5 Å². The predicted octanol–water partition coefficient (Wildman–Crippen LogP) is 2.76. The molecule has 1 aromatic carbocycles. The molecule has 0 heterocycles. The monoisotopic (exact) mass is 208 g/mol. The fraction of sp³-hybridized carbons (Fsp3) is 0.538. The zero-order chi connectivity index (χ0) is 11.4. The highest BCUT2D eigenvalue weighted by atomic mass is 16.5. The highest BCUT2D eigenvalue weighted by Gasteiger charge is 2.08. The first-order valence-electron chi connectivity index (χ1n) is 5.44. The van der Waals surface area contributed by atoms with Crippen LogP contribution < -0.4 is 4.74 Å². The fourth-order valence-electron chi connectivity index (χ4n) is 1.44. The Kier molecular flexibility index (Phi) is 4.15. The molecule has 0 amide bonds. The van der Waals surface area contributed by atoms with Gasteiger partial charge in [0.25, 0.3) is 0 Å². The number of hydrogen-bond donors (Lipinski definition) is 1. The minimum absolute atomic E-state index is 0.371. The molecule has 0 bridgehead atoms. The first-order chi connectivity index (χ1) is 7.06. The summed E-state index contributed by atoms with van der Waals surface area (Å²) in [5.74, 6) is 0.919. The van der Waals surface area contributed by atoms with Gasteiger partial charge in [-0.25, -0.2) is 0 Å². The molecule has 0 radical (unpaired) electrons. The lowest BCUT2D eigenvalue weighted by Gasteiger charge is -2.15. The van der Waals surface area contributed by atoms with E-state index in [1.165, 1.54) is 11.1 Å². The largest absolute Gasteiger partial charge is 0.490 e. The summed E-state index contributed by atoms with van der Waals surface area (Å²) in [6.07, 6.45) is 0.355. The molecule has 84 valence electrons. The van der Waals surface area contributed by atoms with Gasteiger partial charge in [-0.3, -0.25) is 0 Å². The van der Waals surface area contributed by atoms with E-state index in [0.29, 0.717) is 6.61 Å². The van der Waals surface area contributed by atoms with E-state index >= 15 is 0 Å². The fourth-order valence-corrected chi connectivity index (χ4v) is 1.44. The zero-order valence-corrected chi connectivity index (χ0v) is 10.0. The van der Waals surface area contributed by atoms with Crippen LogP contribution in [0.3, 0.4) is 0 Å². The van der Waals surface area contributed by atoms with Crippen molar-refractivity contribution in [1.29, 1.82) is 0 Å². The van der Waals surface area contributed by atoms with Gasteiger partial charge < -0.3 is 9.84 Å². The lowest BCUT2D eigenvalue weighted by molar-refractivity contribution is 0.103. The molecule has 1 N–H and O–H groups in total. The van der Waals surface area contributed by atoms with Gasteiger partial charge in [0.15, 0.2) is 0 Å². The van der Waals surface area contributed by atoms with E-state index in [-0.39, 0.29) is 6.10 Å². The molecule has 0 fully saturated rings. The summed E-state index contributed by atoms with van der Waals surface area (Å²) in [6.45, 7) is 8.47. The third-order valence-electron chi connectivity index (χ3n) is 2.76. The Morgan fingerprint density at radius 3 is 2.40 bits per heavy atom. The molecule has 0 saturated carbocycles. The molecule has 0 aromatic heterocycles. The molecule has 0 aliphatic carbocycles. The Morgan fingerprint density at radius 2 is 1.80 bits per heavy atom. The second kappa shape index (κ2) is 5.17. The Bertz CT molecular complexity index is 332. The Morgan fingerprint density at radius 1 is 1.20 bits per heavy atom. The van der Waals surface area contributed by atoms with E-state index in [1.807, 2.05) is 13.8 Å². The van der Waals surface area contributed by atoms with Gasteiger partial charge in [-0.05, 0) is 43.9 Å². The van der Waals surface area contributed by atoms with Crippen molar-refractivity contribution < 1.29 is 9.84 Å². The minimum atomic E-state index is -0.371. The van der Waals surface area contributed by atoms with Crippen molar-refractivity contribution in [3.8, 4) is 5.75 Å². The van der Waals surface area contributed by atoms with Crippen molar-refractivity contribution in [3.63, 3.8) is 0 Å². The summed E-state index contributed by atoms with van der Waals surface area (Å²) >= 11 is 0. The Labute approximate surface area is 91.9 Å². The summed E-state index contributed by atoms with van der Waals surface area (Å²) in [7, 11) is 0. The molecule has 2 nitrogen and oxygen atoms in total. The molecule has 1 rings (SSSR count). The third kappa shape index (κ3) is 2.96. The smallest absolute Gasteiger partial charge is 0.125 e.